The number of methoxy groups -OCH3 is 1. The monoisotopic (exact) mass is 190 g/mol. The maximum absolute atomic E-state index is 5.02. The summed E-state index contributed by atoms with van der Waals surface area (Å²) >= 11 is 0. The van der Waals surface area contributed by atoms with E-state index in [0.717, 1.165) is 12.1 Å². The summed E-state index contributed by atoms with van der Waals surface area (Å²) in [6.07, 6.45) is 1.74. The van der Waals surface area contributed by atoms with Crippen molar-refractivity contribution in [3.63, 3.8) is 0 Å². The lowest BCUT2D eigenvalue weighted by Gasteiger charge is -2.03. The number of pyridine rings is 1. The van der Waals surface area contributed by atoms with Crippen LogP contribution in [0.4, 0.5) is 0 Å². The SMILES string of the molecule is CC#CCNCc1ccnc(OC)c1. The first-order valence-electron chi connectivity index (χ1n) is 4.46. The van der Waals surface area contributed by atoms with E-state index >= 15 is 0 Å². The zero-order chi connectivity index (χ0) is 10.2. The van der Waals surface area contributed by atoms with Crippen LogP contribution < -0.4 is 10.1 Å². The van der Waals surface area contributed by atoms with Crippen LogP contribution in [0.3, 0.4) is 0 Å². The summed E-state index contributed by atoms with van der Waals surface area (Å²) in [7, 11) is 1.61. The van der Waals surface area contributed by atoms with Gasteiger partial charge >= 0.3 is 0 Å². The van der Waals surface area contributed by atoms with Crippen LogP contribution in [-0.4, -0.2) is 18.6 Å². The van der Waals surface area contributed by atoms with Crippen LogP contribution in [0.1, 0.15) is 12.5 Å². The van der Waals surface area contributed by atoms with E-state index in [1.165, 1.54) is 0 Å². The normalized spacial score (nSPS) is 9.00. The molecule has 0 amide bonds. The van der Waals surface area contributed by atoms with Gasteiger partial charge in [0.05, 0.1) is 13.7 Å². The molecule has 0 aliphatic rings. The van der Waals surface area contributed by atoms with E-state index in [2.05, 4.69) is 22.1 Å². The van der Waals surface area contributed by atoms with Gasteiger partial charge in [-0.15, -0.1) is 5.92 Å². The van der Waals surface area contributed by atoms with E-state index in [-0.39, 0.29) is 0 Å². The fraction of sp³-hybridized carbons (Fsp3) is 0.364. The van der Waals surface area contributed by atoms with Gasteiger partial charge in [0, 0.05) is 18.8 Å². The number of hydrogen-bond acceptors (Lipinski definition) is 3. The summed E-state index contributed by atoms with van der Waals surface area (Å²) < 4.78 is 5.02. The summed E-state index contributed by atoms with van der Waals surface area (Å²) in [5.41, 5.74) is 1.15. The molecule has 0 bridgehead atoms. The van der Waals surface area contributed by atoms with Crippen molar-refractivity contribution in [2.75, 3.05) is 13.7 Å². The van der Waals surface area contributed by atoms with E-state index in [1.54, 1.807) is 13.3 Å². The Labute approximate surface area is 84.5 Å². The average molecular weight is 190 g/mol. The molecular weight excluding hydrogens is 176 g/mol. The van der Waals surface area contributed by atoms with Gasteiger partial charge in [0.1, 0.15) is 0 Å². The molecule has 14 heavy (non-hydrogen) atoms. The number of nitrogens with one attached hydrogen (secondary N) is 1. The topological polar surface area (TPSA) is 34.2 Å². The molecule has 0 saturated carbocycles. The van der Waals surface area contributed by atoms with Crippen molar-refractivity contribution >= 4 is 0 Å². The molecule has 0 spiro atoms. The summed E-state index contributed by atoms with van der Waals surface area (Å²) in [6, 6.07) is 3.86. The molecule has 1 heterocycles. The maximum atomic E-state index is 5.02. The van der Waals surface area contributed by atoms with Gasteiger partial charge in [0.2, 0.25) is 5.88 Å². The highest BCUT2D eigenvalue weighted by Gasteiger charge is 1.95. The van der Waals surface area contributed by atoms with E-state index in [9.17, 15) is 0 Å². The minimum absolute atomic E-state index is 0.644. The van der Waals surface area contributed by atoms with Crippen molar-refractivity contribution in [1.82, 2.24) is 10.3 Å². The van der Waals surface area contributed by atoms with Crippen molar-refractivity contribution in [2.24, 2.45) is 0 Å². The predicted octanol–water partition coefficient (Wildman–Crippen LogP) is 1.20. The van der Waals surface area contributed by atoms with E-state index in [0.29, 0.717) is 12.4 Å². The van der Waals surface area contributed by atoms with Crippen LogP contribution in [0.5, 0.6) is 5.88 Å². The number of hydrogen-bond donors (Lipinski definition) is 1. The highest BCUT2D eigenvalue weighted by molar-refractivity contribution is 5.20. The Morgan fingerprint density at radius 3 is 3.14 bits per heavy atom. The maximum Gasteiger partial charge on any atom is 0.213 e. The first-order chi connectivity index (χ1) is 6.86. The van der Waals surface area contributed by atoms with Crippen LogP contribution in [0.15, 0.2) is 18.3 Å². The number of rotatable bonds is 4. The zero-order valence-corrected chi connectivity index (χ0v) is 8.50. The summed E-state index contributed by atoms with van der Waals surface area (Å²) in [5.74, 6) is 6.41. The number of nitrogens with zero attached hydrogens (tertiary/aromatic N) is 1. The summed E-state index contributed by atoms with van der Waals surface area (Å²) in [5, 5.41) is 3.20. The molecule has 3 heteroatoms. The molecule has 0 aliphatic carbocycles. The number of ether oxygens (including phenoxy) is 1. The second kappa shape index (κ2) is 6.01. The lowest BCUT2D eigenvalue weighted by molar-refractivity contribution is 0.397. The van der Waals surface area contributed by atoms with Crippen LogP contribution in [-0.2, 0) is 6.54 Å². The van der Waals surface area contributed by atoms with Gasteiger partial charge in [-0.2, -0.15) is 0 Å². The molecule has 1 aromatic rings. The van der Waals surface area contributed by atoms with Crippen molar-refractivity contribution in [2.45, 2.75) is 13.5 Å². The Bertz CT molecular complexity index is 339. The molecule has 0 radical (unpaired) electrons. The van der Waals surface area contributed by atoms with E-state index < -0.39 is 0 Å². The Morgan fingerprint density at radius 2 is 2.43 bits per heavy atom. The van der Waals surface area contributed by atoms with Crippen LogP contribution >= 0.6 is 0 Å². The van der Waals surface area contributed by atoms with Crippen molar-refractivity contribution in [3.8, 4) is 17.7 Å². The molecule has 0 unspecified atom stereocenters. The van der Waals surface area contributed by atoms with Gasteiger partial charge < -0.3 is 10.1 Å². The molecule has 1 rings (SSSR count). The molecule has 1 aromatic heterocycles. The van der Waals surface area contributed by atoms with Crippen molar-refractivity contribution in [3.05, 3.63) is 23.9 Å². The third kappa shape index (κ3) is 3.46. The molecular formula is C11H14N2O. The Morgan fingerprint density at radius 1 is 1.57 bits per heavy atom. The van der Waals surface area contributed by atoms with Gasteiger partial charge in [-0.1, -0.05) is 5.92 Å². The summed E-state index contributed by atoms with van der Waals surface area (Å²) in [6.45, 7) is 3.33. The quantitative estimate of drug-likeness (QED) is 0.572. The minimum atomic E-state index is 0.644. The fourth-order valence-corrected chi connectivity index (χ4v) is 1.03. The molecule has 74 valence electrons. The van der Waals surface area contributed by atoms with Crippen LogP contribution in [0.2, 0.25) is 0 Å². The zero-order valence-electron chi connectivity index (χ0n) is 8.50. The van der Waals surface area contributed by atoms with Crippen molar-refractivity contribution < 1.29 is 4.74 Å². The highest BCUT2D eigenvalue weighted by atomic mass is 16.5. The highest BCUT2D eigenvalue weighted by Crippen LogP contribution is 2.07. The Balaban J connectivity index is 2.44. The minimum Gasteiger partial charge on any atom is -0.481 e. The van der Waals surface area contributed by atoms with Gasteiger partial charge in [0.25, 0.3) is 0 Å². The second-order valence-electron chi connectivity index (χ2n) is 2.74. The lowest BCUT2D eigenvalue weighted by Crippen LogP contribution is -2.13. The van der Waals surface area contributed by atoms with E-state index in [4.69, 9.17) is 4.74 Å². The molecule has 0 aromatic carbocycles. The number of aromatic nitrogens is 1. The summed E-state index contributed by atoms with van der Waals surface area (Å²) in [4.78, 5) is 4.02. The smallest absolute Gasteiger partial charge is 0.213 e. The molecule has 0 atom stereocenters. The largest absolute Gasteiger partial charge is 0.481 e. The molecule has 0 aliphatic heterocycles. The van der Waals surface area contributed by atoms with Gasteiger partial charge in [-0.3, -0.25) is 0 Å². The van der Waals surface area contributed by atoms with Gasteiger partial charge in [0.15, 0.2) is 0 Å². The third-order valence-electron chi connectivity index (χ3n) is 1.73. The first kappa shape index (κ1) is 10.6. The fourth-order valence-electron chi connectivity index (χ4n) is 1.03. The van der Waals surface area contributed by atoms with Gasteiger partial charge in [-0.05, 0) is 18.6 Å². The third-order valence-corrected chi connectivity index (χ3v) is 1.73. The first-order valence-corrected chi connectivity index (χ1v) is 4.46. The molecule has 0 fully saturated rings. The van der Waals surface area contributed by atoms with Gasteiger partial charge in [-0.25, -0.2) is 4.98 Å². The lowest BCUT2D eigenvalue weighted by atomic mass is 10.2. The average Bonchev–Trinajstić information content (AvgIpc) is 2.25. The molecule has 1 N–H and O–H groups in total. The van der Waals surface area contributed by atoms with Crippen LogP contribution in [0.25, 0.3) is 0 Å². The van der Waals surface area contributed by atoms with E-state index in [1.807, 2.05) is 19.1 Å². The molecule has 0 saturated heterocycles. The Hall–Kier alpha value is -1.53. The predicted molar refractivity (Wildman–Crippen MR) is 55.9 cm³/mol. The molecule has 3 nitrogen and oxygen atoms in total. The van der Waals surface area contributed by atoms with Crippen molar-refractivity contribution in [1.29, 1.82) is 0 Å². The van der Waals surface area contributed by atoms with Crippen LogP contribution in [0, 0.1) is 11.8 Å². The second-order valence-corrected chi connectivity index (χ2v) is 2.74. The standard InChI is InChI=1S/C11H14N2O/c1-3-4-6-12-9-10-5-7-13-11(8-10)14-2/h5,7-8,12H,6,9H2,1-2H3. The Kier molecular flexibility index (Phi) is 4.53.